The van der Waals surface area contributed by atoms with E-state index in [1.54, 1.807) is 12.7 Å². The van der Waals surface area contributed by atoms with Gasteiger partial charge >= 0.3 is 0 Å². The number of fused-ring (bicyclic) bond motifs is 1. The van der Waals surface area contributed by atoms with Gasteiger partial charge in [0.1, 0.15) is 47.9 Å². The van der Waals surface area contributed by atoms with Crippen LogP contribution in [-0.2, 0) is 30.1 Å². The number of hydrogen-bond acceptors (Lipinski definition) is 12. The summed E-state index contributed by atoms with van der Waals surface area (Å²) in [5, 5.41) is 6.86. The predicted octanol–water partition coefficient (Wildman–Crippen LogP) is 0.450. The van der Waals surface area contributed by atoms with Crippen LogP contribution in [0.1, 0.15) is 41.8 Å². The Morgan fingerprint density at radius 1 is 0.838 bits per heavy atom. The minimum absolute atomic E-state index is 0.0404. The van der Waals surface area contributed by atoms with Gasteiger partial charge in [-0.05, 0) is 19.3 Å². The van der Waals surface area contributed by atoms with Gasteiger partial charge in [0, 0.05) is 30.6 Å². The van der Waals surface area contributed by atoms with E-state index in [0.29, 0.717) is 32.4 Å². The third-order valence-corrected chi connectivity index (χ3v) is 9.41. The fourth-order valence-corrected chi connectivity index (χ4v) is 7.09. The molecule has 2 aromatic heterocycles. The van der Waals surface area contributed by atoms with E-state index in [4.69, 9.17) is 30.4 Å². The highest BCUT2D eigenvalue weighted by molar-refractivity contribution is 7.17. The molecule has 37 heavy (non-hydrogen) atoms. The first-order valence-electron chi connectivity index (χ1n) is 12.8. The molecule has 12 nitrogen and oxygen atoms in total. The molecule has 3 saturated heterocycles. The Hall–Kier alpha value is -2.31. The fraction of sp³-hybridized carbons (Fsp3) is 0.583. The van der Waals surface area contributed by atoms with Gasteiger partial charge in [0.25, 0.3) is 0 Å². The topological polar surface area (TPSA) is 165 Å². The van der Waals surface area contributed by atoms with Crippen LogP contribution in [0, 0.1) is 11.8 Å². The lowest BCUT2D eigenvalue weighted by molar-refractivity contribution is -0.240. The molecule has 13 heteroatoms. The van der Waals surface area contributed by atoms with Crippen molar-refractivity contribution in [3.05, 3.63) is 47.3 Å². The molecule has 0 saturated carbocycles. The van der Waals surface area contributed by atoms with Crippen LogP contribution in [0.3, 0.4) is 0 Å². The van der Waals surface area contributed by atoms with Crippen molar-refractivity contribution >= 4 is 20.9 Å². The second-order valence-electron chi connectivity index (χ2n) is 10.7. The van der Waals surface area contributed by atoms with Crippen molar-refractivity contribution < 1.29 is 18.9 Å². The van der Waals surface area contributed by atoms with Crippen molar-refractivity contribution in [1.82, 2.24) is 19.9 Å². The van der Waals surface area contributed by atoms with E-state index in [1.807, 2.05) is 0 Å². The maximum absolute atomic E-state index is 6.94. The minimum atomic E-state index is -0.783. The third-order valence-electron chi connectivity index (χ3n) is 8.53. The zero-order valence-electron chi connectivity index (χ0n) is 20.0. The van der Waals surface area contributed by atoms with E-state index >= 15 is 0 Å². The Morgan fingerprint density at radius 3 is 2.14 bits per heavy atom. The molecule has 0 radical (unpaired) electrons. The first kappa shape index (κ1) is 22.7. The van der Waals surface area contributed by atoms with Crippen LogP contribution in [0.4, 0.5) is 11.6 Å². The Bertz CT molecular complexity index is 1320. The lowest BCUT2D eigenvalue weighted by Crippen LogP contribution is -2.40. The maximum Gasteiger partial charge on any atom is 0.165 e. The number of nitrogens with two attached hydrogens (primary N) is 2. The monoisotopic (exact) mass is 524 g/mol. The summed E-state index contributed by atoms with van der Waals surface area (Å²) < 4.78 is 26.3. The Morgan fingerprint density at radius 2 is 1.46 bits per heavy atom. The molecule has 10 atom stereocenters. The minimum Gasteiger partial charge on any atom is -0.366 e. The molecule has 2 aromatic rings. The number of hydrogen-bond donors (Lipinski definition) is 4. The molecule has 194 valence electrons. The molecule has 0 amide bonds. The molecule has 2 spiro atoms. The predicted molar refractivity (Wildman–Crippen MR) is 134 cm³/mol. The van der Waals surface area contributed by atoms with Crippen LogP contribution in [0.15, 0.2) is 24.8 Å². The molecular weight excluding hydrogens is 495 g/mol. The largest absolute Gasteiger partial charge is 0.366 e. The highest BCUT2D eigenvalue weighted by Crippen LogP contribution is 2.64. The lowest BCUT2D eigenvalue weighted by atomic mass is 9.91. The molecule has 2 bridgehead atoms. The van der Waals surface area contributed by atoms with Crippen LogP contribution in [0.2, 0.25) is 0 Å². The summed E-state index contributed by atoms with van der Waals surface area (Å²) in [7, 11) is 2.85. The first-order chi connectivity index (χ1) is 18.0. The van der Waals surface area contributed by atoms with Gasteiger partial charge in [0.2, 0.25) is 0 Å². The summed E-state index contributed by atoms with van der Waals surface area (Å²) in [6, 6.07) is 0. The van der Waals surface area contributed by atoms with E-state index < -0.39 is 36.2 Å². The summed E-state index contributed by atoms with van der Waals surface area (Å²) in [5.41, 5.74) is 14.8. The highest BCUT2D eigenvalue weighted by Gasteiger charge is 2.67. The van der Waals surface area contributed by atoms with Gasteiger partial charge in [0.05, 0.1) is 22.5 Å². The van der Waals surface area contributed by atoms with E-state index in [1.165, 1.54) is 0 Å². The van der Waals surface area contributed by atoms with Crippen LogP contribution in [-0.4, -0.2) is 63.7 Å². The number of nitrogens with zero attached hydrogens (tertiary/aromatic N) is 4. The van der Waals surface area contributed by atoms with Gasteiger partial charge in [-0.3, -0.25) is 0 Å². The number of rotatable bonds is 0. The summed E-state index contributed by atoms with van der Waals surface area (Å²) in [5.74, 6) is 1.37. The van der Waals surface area contributed by atoms with Crippen molar-refractivity contribution in [2.75, 3.05) is 23.7 Å². The van der Waals surface area contributed by atoms with Gasteiger partial charge in [-0.1, -0.05) is 12.2 Å². The number of aromatic nitrogens is 4. The first-order valence-corrected chi connectivity index (χ1v) is 13.4. The average molecular weight is 525 g/mol. The Kier molecular flexibility index (Phi) is 4.81. The van der Waals surface area contributed by atoms with Crippen LogP contribution in [0.5, 0.6) is 0 Å². The summed E-state index contributed by atoms with van der Waals surface area (Å²) in [4.78, 5) is 18.3. The lowest BCUT2D eigenvalue weighted by Gasteiger charge is -2.35. The molecule has 6 heterocycles. The standard InChI is InChI=1S/C24H29N8O4P/c25-12-5-10-6-23-13-16(23)29-8-31-19(13)27-3-1-2-4-28-20-14-17(30-9-32-20)24(14,35-21(10)33-12)7-11-15(37)18(26)34-22(11)36-23/h1-2,8-12,15,18,21-22H,3-7,25-26,37H2,(H,27,29,31)(H,28,30,32)/b2-1+/t10-,11+,12?,15-,18?,21?,22?,23?,24?/m1/s1. The molecule has 6 N–H and O–H groups in total. The molecule has 6 aliphatic rings. The Balaban J connectivity index is 1.30. The molecule has 2 aliphatic carbocycles. The van der Waals surface area contributed by atoms with E-state index in [-0.39, 0.29) is 17.5 Å². The van der Waals surface area contributed by atoms with Crippen molar-refractivity contribution in [2.24, 2.45) is 23.3 Å². The van der Waals surface area contributed by atoms with Gasteiger partial charge in [-0.15, -0.1) is 9.24 Å². The van der Waals surface area contributed by atoms with Crippen LogP contribution in [0.25, 0.3) is 0 Å². The van der Waals surface area contributed by atoms with E-state index in [0.717, 1.165) is 34.2 Å². The Labute approximate surface area is 215 Å². The SMILES string of the molecule is NC1C[C@@H]2CC34OC5OC(N)[C@H](P)[C@@H]5CC5(OC2O1)c1ncnc(c15)NC/C=C/CNc1ncnc3c14. The second-order valence-corrected chi connectivity index (χ2v) is 11.4. The molecular formula is C24H29N8O4P. The maximum atomic E-state index is 6.94. The molecule has 4 aliphatic heterocycles. The fourth-order valence-electron chi connectivity index (χ4n) is 6.68. The summed E-state index contributed by atoms with van der Waals surface area (Å²) >= 11 is 0. The molecule has 3 fully saturated rings. The normalized spacial score (nSPS) is 43.7. The van der Waals surface area contributed by atoms with Gasteiger partial charge in [-0.2, -0.15) is 0 Å². The molecule has 8 rings (SSSR count). The second kappa shape index (κ2) is 7.86. The number of anilines is 2. The van der Waals surface area contributed by atoms with Crippen molar-refractivity contribution in [2.45, 2.75) is 61.2 Å². The third kappa shape index (κ3) is 3.21. The van der Waals surface area contributed by atoms with Gasteiger partial charge < -0.3 is 41.0 Å². The number of nitrogens with one attached hydrogen (secondary N) is 2. The smallest absolute Gasteiger partial charge is 0.165 e. The quantitative estimate of drug-likeness (QED) is 0.278. The van der Waals surface area contributed by atoms with Crippen molar-refractivity contribution in [3.63, 3.8) is 0 Å². The zero-order chi connectivity index (χ0) is 24.9. The van der Waals surface area contributed by atoms with Gasteiger partial charge in [0.15, 0.2) is 12.6 Å². The van der Waals surface area contributed by atoms with Crippen molar-refractivity contribution in [3.8, 4) is 0 Å². The summed E-state index contributed by atoms with van der Waals surface area (Å²) in [6.07, 6.45) is 6.99. The van der Waals surface area contributed by atoms with Gasteiger partial charge in [-0.25, -0.2) is 19.9 Å². The summed E-state index contributed by atoms with van der Waals surface area (Å²) in [6.45, 7) is 1.22. The molecule has 0 aromatic carbocycles. The zero-order valence-corrected chi connectivity index (χ0v) is 21.2. The van der Waals surface area contributed by atoms with E-state index in [2.05, 4.69) is 52.0 Å². The van der Waals surface area contributed by atoms with Crippen LogP contribution < -0.4 is 22.1 Å². The van der Waals surface area contributed by atoms with E-state index in [9.17, 15) is 0 Å². The van der Waals surface area contributed by atoms with Crippen LogP contribution >= 0.6 is 9.24 Å². The number of ether oxygens (including phenoxy) is 4. The highest BCUT2D eigenvalue weighted by atomic mass is 31.0. The average Bonchev–Trinajstić information content (AvgIpc) is 3.62. The molecule has 7 unspecified atom stereocenters. The van der Waals surface area contributed by atoms with Crippen molar-refractivity contribution in [1.29, 1.82) is 0 Å².